The van der Waals surface area contributed by atoms with Gasteiger partial charge in [-0.25, -0.2) is 0 Å². The molecule has 0 aliphatic heterocycles. The zero-order chi connectivity index (χ0) is 15.2. The quantitative estimate of drug-likeness (QED) is 0.769. The highest BCUT2D eigenvalue weighted by Gasteiger charge is 2.32. The Hall–Kier alpha value is -0.860. The van der Waals surface area contributed by atoms with Crippen LogP contribution >= 0.6 is 0 Å². The molecule has 1 N–H and O–H groups in total. The molecule has 1 aromatic carbocycles. The summed E-state index contributed by atoms with van der Waals surface area (Å²) in [5.74, 6) is 0. The van der Waals surface area contributed by atoms with Crippen molar-refractivity contribution in [3.05, 3.63) is 35.9 Å². The Kier molecular flexibility index (Phi) is 6.70. The molecule has 1 unspecified atom stereocenters. The Balaban J connectivity index is 2.94. The minimum absolute atomic E-state index is 0.192. The zero-order valence-corrected chi connectivity index (χ0v) is 14.1. The third-order valence-electron chi connectivity index (χ3n) is 4.07. The molecule has 2 nitrogen and oxygen atoms in total. The smallest absolute Gasteiger partial charge is 0.0384 e. The Labute approximate surface area is 125 Å². The summed E-state index contributed by atoms with van der Waals surface area (Å²) >= 11 is 0. The van der Waals surface area contributed by atoms with Crippen LogP contribution in [-0.4, -0.2) is 30.6 Å². The Morgan fingerprint density at radius 2 is 1.70 bits per heavy atom. The lowest BCUT2D eigenvalue weighted by molar-refractivity contribution is 0.117. The van der Waals surface area contributed by atoms with Gasteiger partial charge in [-0.1, -0.05) is 58.0 Å². The van der Waals surface area contributed by atoms with Crippen molar-refractivity contribution in [2.45, 2.75) is 53.6 Å². The summed E-state index contributed by atoms with van der Waals surface area (Å²) in [5, 5.41) is 3.68. The van der Waals surface area contributed by atoms with Crippen LogP contribution in [0.5, 0.6) is 0 Å². The largest absolute Gasteiger partial charge is 0.310 e. The molecule has 0 heterocycles. The van der Waals surface area contributed by atoms with E-state index in [4.69, 9.17) is 0 Å². The van der Waals surface area contributed by atoms with E-state index in [0.717, 1.165) is 19.6 Å². The molecule has 0 fully saturated rings. The molecule has 0 saturated carbocycles. The fraction of sp³-hybridized carbons (Fsp3) is 0.667. The molecule has 0 aliphatic carbocycles. The first-order valence-corrected chi connectivity index (χ1v) is 7.94. The van der Waals surface area contributed by atoms with Crippen molar-refractivity contribution >= 4 is 0 Å². The lowest BCUT2D eigenvalue weighted by Crippen LogP contribution is -2.45. The minimum atomic E-state index is 0.192. The SMILES string of the molecule is CCNC(c1ccccc1)C(C)(C)CN(CC)C(C)C. The average molecular weight is 276 g/mol. The molecule has 20 heavy (non-hydrogen) atoms. The fourth-order valence-corrected chi connectivity index (χ4v) is 2.97. The van der Waals surface area contributed by atoms with Crippen LogP contribution in [0.1, 0.15) is 53.1 Å². The highest BCUT2D eigenvalue weighted by molar-refractivity contribution is 5.21. The lowest BCUT2D eigenvalue weighted by atomic mass is 9.79. The molecular formula is C18H32N2. The van der Waals surface area contributed by atoms with Gasteiger partial charge < -0.3 is 10.2 Å². The first kappa shape index (κ1) is 17.2. The van der Waals surface area contributed by atoms with Gasteiger partial charge in [0.2, 0.25) is 0 Å². The second-order valence-corrected chi connectivity index (χ2v) is 6.55. The first-order chi connectivity index (χ1) is 9.42. The van der Waals surface area contributed by atoms with Gasteiger partial charge >= 0.3 is 0 Å². The van der Waals surface area contributed by atoms with Gasteiger partial charge in [0.25, 0.3) is 0 Å². The van der Waals surface area contributed by atoms with Gasteiger partial charge in [-0.15, -0.1) is 0 Å². The van der Waals surface area contributed by atoms with Gasteiger partial charge in [0, 0.05) is 18.6 Å². The summed E-state index contributed by atoms with van der Waals surface area (Å²) in [6, 6.07) is 11.8. The summed E-state index contributed by atoms with van der Waals surface area (Å²) in [6.07, 6.45) is 0. The summed E-state index contributed by atoms with van der Waals surface area (Å²) in [5.41, 5.74) is 1.58. The molecule has 0 spiro atoms. The Bertz CT molecular complexity index is 370. The van der Waals surface area contributed by atoms with Crippen molar-refractivity contribution in [1.29, 1.82) is 0 Å². The van der Waals surface area contributed by atoms with Crippen LogP contribution in [0, 0.1) is 5.41 Å². The number of benzene rings is 1. The summed E-state index contributed by atoms with van der Waals surface area (Å²) in [6.45, 7) is 17.0. The lowest BCUT2D eigenvalue weighted by Gasteiger charge is -2.40. The monoisotopic (exact) mass is 276 g/mol. The standard InChI is InChI=1S/C18H32N2/c1-7-19-17(16-12-10-9-11-13-16)18(5,6)14-20(8-2)15(3)4/h9-13,15,17,19H,7-8,14H2,1-6H3. The van der Waals surface area contributed by atoms with E-state index in [1.54, 1.807) is 0 Å². The van der Waals surface area contributed by atoms with E-state index in [1.807, 2.05) is 0 Å². The number of nitrogens with zero attached hydrogens (tertiary/aromatic N) is 1. The van der Waals surface area contributed by atoms with E-state index < -0.39 is 0 Å². The average Bonchev–Trinajstić information content (AvgIpc) is 2.42. The molecule has 1 aromatic rings. The van der Waals surface area contributed by atoms with Crippen molar-refractivity contribution in [2.75, 3.05) is 19.6 Å². The predicted octanol–water partition coefficient (Wildman–Crippen LogP) is 4.09. The van der Waals surface area contributed by atoms with Crippen molar-refractivity contribution < 1.29 is 0 Å². The molecule has 0 bridgehead atoms. The highest BCUT2D eigenvalue weighted by atomic mass is 15.2. The van der Waals surface area contributed by atoms with E-state index in [0.29, 0.717) is 12.1 Å². The maximum Gasteiger partial charge on any atom is 0.0384 e. The number of nitrogens with one attached hydrogen (secondary N) is 1. The van der Waals surface area contributed by atoms with E-state index in [9.17, 15) is 0 Å². The van der Waals surface area contributed by atoms with Gasteiger partial charge in [-0.3, -0.25) is 0 Å². The number of hydrogen-bond acceptors (Lipinski definition) is 2. The topological polar surface area (TPSA) is 15.3 Å². The minimum Gasteiger partial charge on any atom is -0.310 e. The summed E-state index contributed by atoms with van der Waals surface area (Å²) in [7, 11) is 0. The Morgan fingerprint density at radius 1 is 1.10 bits per heavy atom. The molecule has 0 saturated heterocycles. The summed E-state index contributed by atoms with van der Waals surface area (Å²) < 4.78 is 0. The first-order valence-electron chi connectivity index (χ1n) is 7.94. The molecule has 0 radical (unpaired) electrons. The maximum atomic E-state index is 3.68. The van der Waals surface area contributed by atoms with Crippen LogP contribution in [0.15, 0.2) is 30.3 Å². The molecule has 1 rings (SSSR count). The van der Waals surface area contributed by atoms with Crippen LogP contribution in [0.3, 0.4) is 0 Å². The fourth-order valence-electron chi connectivity index (χ4n) is 2.97. The zero-order valence-electron chi connectivity index (χ0n) is 14.1. The van der Waals surface area contributed by atoms with Crippen LogP contribution in [0.2, 0.25) is 0 Å². The second kappa shape index (κ2) is 7.80. The Morgan fingerprint density at radius 3 is 2.15 bits per heavy atom. The third-order valence-corrected chi connectivity index (χ3v) is 4.07. The van der Waals surface area contributed by atoms with E-state index >= 15 is 0 Å². The van der Waals surface area contributed by atoms with Crippen molar-refractivity contribution in [3.8, 4) is 0 Å². The molecule has 0 aliphatic rings. The third kappa shape index (κ3) is 4.60. The van der Waals surface area contributed by atoms with Crippen molar-refractivity contribution in [3.63, 3.8) is 0 Å². The summed E-state index contributed by atoms with van der Waals surface area (Å²) in [4.78, 5) is 2.55. The van der Waals surface area contributed by atoms with Crippen molar-refractivity contribution in [1.82, 2.24) is 10.2 Å². The normalized spacial score (nSPS) is 14.0. The van der Waals surface area contributed by atoms with Gasteiger partial charge in [-0.05, 0) is 37.9 Å². The number of rotatable bonds is 8. The van der Waals surface area contributed by atoms with Crippen LogP contribution in [0.25, 0.3) is 0 Å². The maximum absolute atomic E-state index is 3.68. The van der Waals surface area contributed by atoms with E-state index in [2.05, 4.69) is 82.1 Å². The van der Waals surface area contributed by atoms with E-state index in [1.165, 1.54) is 5.56 Å². The van der Waals surface area contributed by atoms with Gasteiger partial charge in [-0.2, -0.15) is 0 Å². The molecular weight excluding hydrogens is 244 g/mol. The van der Waals surface area contributed by atoms with Crippen LogP contribution in [0.4, 0.5) is 0 Å². The van der Waals surface area contributed by atoms with Crippen LogP contribution in [-0.2, 0) is 0 Å². The molecule has 0 aromatic heterocycles. The van der Waals surface area contributed by atoms with E-state index in [-0.39, 0.29) is 5.41 Å². The predicted molar refractivity (Wildman–Crippen MR) is 89.0 cm³/mol. The second-order valence-electron chi connectivity index (χ2n) is 6.55. The highest BCUT2D eigenvalue weighted by Crippen LogP contribution is 2.34. The number of hydrogen-bond donors (Lipinski definition) is 1. The molecule has 1 atom stereocenters. The van der Waals surface area contributed by atoms with Gasteiger partial charge in [0.1, 0.15) is 0 Å². The van der Waals surface area contributed by atoms with Gasteiger partial charge in [0.15, 0.2) is 0 Å². The molecule has 2 heteroatoms. The van der Waals surface area contributed by atoms with Gasteiger partial charge in [0.05, 0.1) is 0 Å². The van der Waals surface area contributed by atoms with Crippen molar-refractivity contribution in [2.24, 2.45) is 5.41 Å². The molecule has 114 valence electrons. The van der Waals surface area contributed by atoms with Crippen LogP contribution < -0.4 is 5.32 Å². The molecule has 0 amide bonds.